The van der Waals surface area contributed by atoms with E-state index < -0.39 is 0 Å². The molecule has 1 aromatic carbocycles. The SMILES string of the molecule is Cc1cc(C(=O)Nc2ccc(CNC3CC3)cc2)ccn1. The first-order chi connectivity index (χ1) is 10.2. The van der Waals surface area contributed by atoms with Crippen LogP contribution in [0.1, 0.15) is 34.5 Å². The number of benzene rings is 1. The summed E-state index contributed by atoms with van der Waals surface area (Å²) in [7, 11) is 0. The minimum atomic E-state index is -0.107. The average Bonchev–Trinajstić information content (AvgIpc) is 3.31. The Morgan fingerprint density at radius 3 is 2.67 bits per heavy atom. The lowest BCUT2D eigenvalue weighted by molar-refractivity contribution is 0.102. The van der Waals surface area contributed by atoms with Crippen molar-refractivity contribution in [2.75, 3.05) is 5.32 Å². The van der Waals surface area contributed by atoms with Gasteiger partial charge in [-0.15, -0.1) is 0 Å². The van der Waals surface area contributed by atoms with E-state index in [1.54, 1.807) is 18.3 Å². The Hall–Kier alpha value is -2.20. The molecule has 108 valence electrons. The zero-order valence-electron chi connectivity index (χ0n) is 12.1. The fourth-order valence-electron chi connectivity index (χ4n) is 2.15. The van der Waals surface area contributed by atoms with Gasteiger partial charge in [0.15, 0.2) is 0 Å². The van der Waals surface area contributed by atoms with Crippen LogP contribution in [-0.2, 0) is 6.54 Å². The maximum absolute atomic E-state index is 12.1. The molecule has 3 rings (SSSR count). The number of carbonyl (C=O) groups is 1. The highest BCUT2D eigenvalue weighted by molar-refractivity contribution is 6.04. The molecule has 4 heteroatoms. The first kappa shape index (κ1) is 13.8. The van der Waals surface area contributed by atoms with Gasteiger partial charge < -0.3 is 10.6 Å². The number of aromatic nitrogens is 1. The van der Waals surface area contributed by atoms with Gasteiger partial charge in [0.2, 0.25) is 0 Å². The Kier molecular flexibility index (Phi) is 3.97. The van der Waals surface area contributed by atoms with Gasteiger partial charge in [-0.3, -0.25) is 9.78 Å². The zero-order chi connectivity index (χ0) is 14.7. The summed E-state index contributed by atoms with van der Waals surface area (Å²) in [5.41, 5.74) is 3.51. The molecule has 1 fully saturated rings. The highest BCUT2D eigenvalue weighted by Gasteiger charge is 2.19. The Morgan fingerprint density at radius 1 is 1.24 bits per heavy atom. The Morgan fingerprint density at radius 2 is 2.00 bits per heavy atom. The van der Waals surface area contributed by atoms with E-state index in [9.17, 15) is 4.79 Å². The van der Waals surface area contributed by atoms with E-state index in [1.807, 2.05) is 31.2 Å². The topological polar surface area (TPSA) is 54.0 Å². The summed E-state index contributed by atoms with van der Waals surface area (Å²) in [6.45, 7) is 2.76. The molecule has 1 aliphatic rings. The number of carbonyl (C=O) groups excluding carboxylic acids is 1. The first-order valence-electron chi connectivity index (χ1n) is 7.27. The molecule has 0 unspecified atom stereocenters. The maximum atomic E-state index is 12.1. The normalized spacial score (nSPS) is 14.0. The molecule has 0 saturated heterocycles. The van der Waals surface area contributed by atoms with Crippen molar-refractivity contribution in [3.63, 3.8) is 0 Å². The third-order valence-corrected chi connectivity index (χ3v) is 3.54. The van der Waals surface area contributed by atoms with Crippen molar-refractivity contribution in [3.8, 4) is 0 Å². The second-order valence-corrected chi connectivity index (χ2v) is 5.49. The van der Waals surface area contributed by atoms with Gasteiger partial charge in [0, 0.05) is 35.7 Å². The summed E-state index contributed by atoms with van der Waals surface area (Å²) >= 11 is 0. The standard InChI is InChI=1S/C17H19N3O/c1-12-10-14(8-9-18-12)17(21)20-16-4-2-13(3-5-16)11-19-15-6-7-15/h2-5,8-10,15,19H,6-7,11H2,1H3,(H,20,21). The molecular weight excluding hydrogens is 262 g/mol. The van der Waals surface area contributed by atoms with Gasteiger partial charge in [0.1, 0.15) is 0 Å². The van der Waals surface area contributed by atoms with Crippen LogP contribution < -0.4 is 10.6 Å². The molecule has 0 radical (unpaired) electrons. The fourth-order valence-corrected chi connectivity index (χ4v) is 2.15. The van der Waals surface area contributed by atoms with E-state index in [2.05, 4.69) is 15.6 Å². The second-order valence-electron chi connectivity index (χ2n) is 5.49. The number of hydrogen-bond donors (Lipinski definition) is 2. The van der Waals surface area contributed by atoms with Crippen molar-refractivity contribution in [2.24, 2.45) is 0 Å². The summed E-state index contributed by atoms with van der Waals surface area (Å²) in [6.07, 6.45) is 4.23. The lowest BCUT2D eigenvalue weighted by Gasteiger charge is -2.07. The van der Waals surface area contributed by atoms with Crippen molar-refractivity contribution in [1.82, 2.24) is 10.3 Å². The van der Waals surface area contributed by atoms with E-state index in [4.69, 9.17) is 0 Å². The Balaban J connectivity index is 1.60. The van der Waals surface area contributed by atoms with Crippen LogP contribution in [0.2, 0.25) is 0 Å². The Bertz CT molecular complexity index is 633. The van der Waals surface area contributed by atoms with Crippen LogP contribution in [0.4, 0.5) is 5.69 Å². The van der Waals surface area contributed by atoms with Crippen molar-refractivity contribution in [2.45, 2.75) is 32.4 Å². The molecule has 0 bridgehead atoms. The second kappa shape index (κ2) is 6.06. The minimum absolute atomic E-state index is 0.107. The van der Waals surface area contributed by atoms with Crippen LogP contribution >= 0.6 is 0 Å². The van der Waals surface area contributed by atoms with Crippen molar-refractivity contribution in [1.29, 1.82) is 0 Å². The molecule has 1 aromatic heterocycles. The number of pyridine rings is 1. The van der Waals surface area contributed by atoms with Gasteiger partial charge in [-0.2, -0.15) is 0 Å². The molecule has 1 heterocycles. The molecular formula is C17H19N3O. The van der Waals surface area contributed by atoms with Crippen LogP contribution in [0, 0.1) is 6.92 Å². The number of aryl methyl sites for hydroxylation is 1. The van der Waals surface area contributed by atoms with E-state index in [-0.39, 0.29) is 5.91 Å². The summed E-state index contributed by atoms with van der Waals surface area (Å²) in [6, 6.07) is 12.2. The van der Waals surface area contributed by atoms with Crippen LogP contribution in [0.25, 0.3) is 0 Å². The van der Waals surface area contributed by atoms with Gasteiger partial charge >= 0.3 is 0 Å². The number of amides is 1. The third kappa shape index (κ3) is 3.89. The predicted octanol–water partition coefficient (Wildman–Crippen LogP) is 2.89. The molecule has 0 atom stereocenters. The highest BCUT2D eigenvalue weighted by Crippen LogP contribution is 2.19. The molecule has 1 aliphatic carbocycles. The highest BCUT2D eigenvalue weighted by atomic mass is 16.1. The average molecular weight is 281 g/mol. The minimum Gasteiger partial charge on any atom is -0.322 e. The first-order valence-corrected chi connectivity index (χ1v) is 7.27. The summed E-state index contributed by atoms with van der Waals surface area (Å²) in [5, 5.41) is 6.37. The molecule has 21 heavy (non-hydrogen) atoms. The van der Waals surface area contributed by atoms with Crippen molar-refractivity contribution < 1.29 is 4.79 Å². The van der Waals surface area contributed by atoms with Gasteiger partial charge in [-0.25, -0.2) is 0 Å². The van der Waals surface area contributed by atoms with Crippen LogP contribution in [0.5, 0.6) is 0 Å². The van der Waals surface area contributed by atoms with Crippen LogP contribution in [-0.4, -0.2) is 16.9 Å². The lowest BCUT2D eigenvalue weighted by atomic mass is 10.2. The fraction of sp³-hybridized carbons (Fsp3) is 0.294. The smallest absolute Gasteiger partial charge is 0.255 e. The molecule has 1 saturated carbocycles. The summed E-state index contributed by atoms with van der Waals surface area (Å²) in [4.78, 5) is 16.2. The lowest BCUT2D eigenvalue weighted by Crippen LogP contribution is -2.15. The number of nitrogens with one attached hydrogen (secondary N) is 2. The van der Waals surface area contributed by atoms with Crippen LogP contribution in [0.15, 0.2) is 42.6 Å². The number of rotatable bonds is 5. The van der Waals surface area contributed by atoms with Crippen LogP contribution in [0.3, 0.4) is 0 Å². The molecule has 1 amide bonds. The molecule has 2 N–H and O–H groups in total. The Labute approximate surface area is 124 Å². The molecule has 4 nitrogen and oxygen atoms in total. The number of hydrogen-bond acceptors (Lipinski definition) is 3. The van der Waals surface area contributed by atoms with E-state index >= 15 is 0 Å². The van der Waals surface area contributed by atoms with Gasteiger partial charge in [0.05, 0.1) is 0 Å². The van der Waals surface area contributed by atoms with E-state index in [0.29, 0.717) is 11.6 Å². The molecule has 0 spiro atoms. The number of nitrogens with zero attached hydrogens (tertiary/aromatic N) is 1. The predicted molar refractivity (Wildman–Crippen MR) is 83.2 cm³/mol. The third-order valence-electron chi connectivity index (χ3n) is 3.54. The largest absolute Gasteiger partial charge is 0.322 e. The number of anilines is 1. The molecule has 0 aliphatic heterocycles. The summed E-state index contributed by atoms with van der Waals surface area (Å²) in [5.74, 6) is -0.107. The van der Waals surface area contributed by atoms with Gasteiger partial charge in [-0.1, -0.05) is 12.1 Å². The van der Waals surface area contributed by atoms with Gasteiger partial charge in [0.25, 0.3) is 5.91 Å². The quantitative estimate of drug-likeness (QED) is 0.886. The maximum Gasteiger partial charge on any atom is 0.255 e. The zero-order valence-corrected chi connectivity index (χ0v) is 12.1. The monoisotopic (exact) mass is 281 g/mol. The molecule has 2 aromatic rings. The van der Waals surface area contributed by atoms with Crippen molar-refractivity contribution >= 4 is 11.6 Å². The van der Waals surface area contributed by atoms with E-state index in [0.717, 1.165) is 17.9 Å². The van der Waals surface area contributed by atoms with Crippen molar-refractivity contribution in [3.05, 3.63) is 59.4 Å². The summed E-state index contributed by atoms with van der Waals surface area (Å²) < 4.78 is 0. The van der Waals surface area contributed by atoms with E-state index in [1.165, 1.54) is 18.4 Å². The van der Waals surface area contributed by atoms with Gasteiger partial charge in [-0.05, 0) is 49.6 Å².